The minimum atomic E-state index is -0.442. The van der Waals surface area contributed by atoms with Gasteiger partial charge in [0.05, 0.1) is 4.32 Å². The van der Waals surface area contributed by atoms with Crippen LogP contribution in [0, 0.1) is 6.42 Å². The van der Waals surface area contributed by atoms with Crippen LogP contribution < -0.4 is 0 Å². The van der Waals surface area contributed by atoms with E-state index < -0.39 is 4.32 Å². The summed E-state index contributed by atoms with van der Waals surface area (Å²) >= 11 is 29.0. The fourth-order valence-electron chi connectivity index (χ4n) is 1.74. The van der Waals surface area contributed by atoms with Gasteiger partial charge in [-0.1, -0.05) is 47.8 Å². The third kappa shape index (κ3) is 3.62. The largest absolute Gasteiger partial charge is 0.0802 e. The van der Waals surface area contributed by atoms with Gasteiger partial charge in [-0.2, -0.15) is 0 Å². The number of benzene rings is 1. The lowest BCUT2D eigenvalue weighted by molar-refractivity contribution is 0.920. The summed E-state index contributed by atoms with van der Waals surface area (Å²) in [5.41, 5.74) is 1.06. The fourth-order valence-corrected chi connectivity index (χ4v) is 9.01. The van der Waals surface area contributed by atoms with Gasteiger partial charge in [0.15, 0.2) is 0 Å². The third-order valence-electron chi connectivity index (χ3n) is 2.56. The Morgan fingerprint density at radius 2 is 1.10 bits per heavy atom. The highest BCUT2D eigenvalue weighted by atomic mass is 79.9. The molecule has 1 radical (unpaired) electrons. The predicted octanol–water partition coefficient (Wildman–Crippen LogP) is 8.86. The lowest BCUT2D eigenvalue weighted by atomic mass is 9.92. The molecule has 0 aliphatic heterocycles. The van der Waals surface area contributed by atoms with Gasteiger partial charge in [0.1, 0.15) is 0 Å². The van der Waals surface area contributed by atoms with Crippen molar-refractivity contribution in [2.24, 2.45) is 0 Å². The van der Waals surface area contributed by atoms with Crippen LogP contribution >= 0.6 is 127 Å². The Kier molecular flexibility index (Phi) is 6.79. The van der Waals surface area contributed by atoms with Crippen LogP contribution in [-0.2, 0) is 4.32 Å². The van der Waals surface area contributed by atoms with Crippen molar-refractivity contribution in [2.75, 3.05) is 0 Å². The first-order valence-corrected chi connectivity index (χ1v) is 11.3. The highest BCUT2D eigenvalue weighted by Gasteiger charge is 2.36. The highest BCUT2D eigenvalue weighted by Crippen LogP contribution is 2.54. The number of allylic oxidation sites excluding steroid dienone is 4. The average Bonchev–Trinajstić information content (AvgIpc) is 2.32. The Hall–Kier alpha value is 2.54. The molecule has 1 aliphatic carbocycles. The lowest BCUT2D eigenvalue weighted by Crippen LogP contribution is -2.20. The molecule has 1 aliphatic rings. The van der Waals surface area contributed by atoms with E-state index in [4.69, 9.17) is 0 Å². The molecule has 0 spiro atoms. The molecule has 0 amide bonds. The summed E-state index contributed by atoms with van der Waals surface area (Å²) in [5, 5.41) is 0. The van der Waals surface area contributed by atoms with E-state index in [9.17, 15) is 0 Å². The van der Waals surface area contributed by atoms with Crippen molar-refractivity contribution in [3.8, 4) is 0 Å². The van der Waals surface area contributed by atoms with Crippen LogP contribution in [0.3, 0.4) is 0 Å². The molecule has 1 aromatic rings. The quantitative estimate of drug-likeness (QED) is 0.152. The summed E-state index contributed by atoms with van der Waals surface area (Å²) in [7, 11) is 0. The molecular weight excluding hydrogens is 783 g/mol. The first kappa shape index (κ1) is 18.9. The monoisotopic (exact) mass is 778 g/mol. The molecule has 0 aromatic heterocycles. The molecule has 0 fully saturated rings. The van der Waals surface area contributed by atoms with Gasteiger partial charge in [0.25, 0.3) is 0 Å². The number of alkyl halides is 1. The van der Waals surface area contributed by atoms with E-state index in [1.165, 1.54) is 0 Å². The normalized spacial score (nSPS) is 22.6. The Morgan fingerprint density at radius 3 is 1.55 bits per heavy atom. The van der Waals surface area contributed by atoms with Gasteiger partial charge in [-0.25, -0.2) is 0 Å². The van der Waals surface area contributed by atoms with E-state index in [1.807, 2.05) is 6.08 Å². The molecule has 107 valence electrons. The SMILES string of the molecule is BrC1=CC(Br)=CC(Br)(c2c(Br)c(Br)c(Br)c(Br)c2Br)[CH]1. The van der Waals surface area contributed by atoms with E-state index in [0.717, 1.165) is 36.9 Å². The first-order chi connectivity index (χ1) is 9.17. The molecule has 0 saturated carbocycles. The Balaban J connectivity index is 2.74. The van der Waals surface area contributed by atoms with Crippen LogP contribution in [0.5, 0.6) is 0 Å². The standard InChI is InChI=1S/C12H3Br8/c13-4-1-5(14)3-12(20,2-4)6-7(15)9(17)11(19)10(18)8(6)16/h1-3H. The van der Waals surface area contributed by atoms with Gasteiger partial charge in [-0.15, -0.1) is 0 Å². The van der Waals surface area contributed by atoms with E-state index in [2.05, 4.69) is 140 Å². The molecule has 1 aromatic carbocycles. The second-order valence-electron chi connectivity index (χ2n) is 3.92. The Bertz CT molecular complexity index is 616. The van der Waals surface area contributed by atoms with E-state index in [-0.39, 0.29) is 0 Å². The topological polar surface area (TPSA) is 0 Å². The minimum Gasteiger partial charge on any atom is -0.0747 e. The van der Waals surface area contributed by atoms with Crippen LogP contribution in [0.15, 0.2) is 43.5 Å². The molecule has 0 saturated heterocycles. The van der Waals surface area contributed by atoms with Crippen LogP contribution in [-0.4, -0.2) is 0 Å². The summed E-state index contributed by atoms with van der Waals surface area (Å²) in [6.07, 6.45) is 6.19. The maximum Gasteiger partial charge on any atom is 0.0802 e. The number of rotatable bonds is 1. The second-order valence-corrected chi connectivity index (χ2v) is 11.0. The van der Waals surface area contributed by atoms with Crippen molar-refractivity contribution in [3.63, 3.8) is 0 Å². The van der Waals surface area contributed by atoms with Crippen molar-refractivity contribution in [1.82, 2.24) is 0 Å². The zero-order valence-corrected chi connectivity index (χ0v) is 21.9. The summed E-state index contributed by atoms with van der Waals surface area (Å²) in [6.45, 7) is 0. The van der Waals surface area contributed by atoms with Gasteiger partial charge >= 0.3 is 0 Å². The van der Waals surface area contributed by atoms with Gasteiger partial charge < -0.3 is 0 Å². The summed E-state index contributed by atoms with van der Waals surface area (Å²) in [4.78, 5) is 0. The van der Waals surface area contributed by atoms with E-state index in [0.29, 0.717) is 0 Å². The van der Waals surface area contributed by atoms with Crippen LogP contribution in [0.1, 0.15) is 5.56 Å². The first-order valence-electron chi connectivity index (χ1n) is 4.99. The van der Waals surface area contributed by atoms with Crippen molar-refractivity contribution in [3.05, 3.63) is 55.5 Å². The predicted molar refractivity (Wildman–Crippen MR) is 114 cm³/mol. The van der Waals surface area contributed by atoms with Crippen LogP contribution in [0.25, 0.3) is 0 Å². The summed E-state index contributed by atoms with van der Waals surface area (Å²) in [5.74, 6) is 0. The molecule has 0 N–H and O–H groups in total. The molecule has 2 rings (SSSR count). The molecule has 20 heavy (non-hydrogen) atoms. The number of hydrogen-bond donors (Lipinski definition) is 0. The molecule has 0 nitrogen and oxygen atoms in total. The third-order valence-corrected chi connectivity index (χ3v) is 10.4. The number of halogens is 8. The van der Waals surface area contributed by atoms with E-state index in [1.54, 1.807) is 0 Å². The maximum absolute atomic E-state index is 3.83. The molecule has 0 bridgehead atoms. The molecule has 8 heteroatoms. The van der Waals surface area contributed by atoms with Gasteiger partial charge in [0, 0.05) is 43.3 Å². The van der Waals surface area contributed by atoms with Gasteiger partial charge in [-0.3, -0.25) is 0 Å². The van der Waals surface area contributed by atoms with Crippen LogP contribution in [0.4, 0.5) is 0 Å². The summed E-state index contributed by atoms with van der Waals surface area (Å²) in [6, 6.07) is 0. The lowest BCUT2D eigenvalue weighted by Gasteiger charge is -2.30. The minimum absolute atomic E-state index is 0.442. The zero-order valence-electron chi connectivity index (χ0n) is 9.26. The fraction of sp³-hybridized carbons (Fsp3) is 0.0833. The maximum atomic E-state index is 3.83. The van der Waals surface area contributed by atoms with Crippen LogP contribution in [0.2, 0.25) is 0 Å². The van der Waals surface area contributed by atoms with Crippen molar-refractivity contribution in [2.45, 2.75) is 4.32 Å². The Morgan fingerprint density at radius 1 is 0.650 bits per heavy atom. The summed E-state index contributed by atoms with van der Waals surface area (Å²) < 4.78 is 6.33. The molecular formula is C12H3Br8. The van der Waals surface area contributed by atoms with Crippen molar-refractivity contribution in [1.29, 1.82) is 0 Å². The second kappa shape index (κ2) is 7.19. The molecule has 0 heterocycles. The van der Waals surface area contributed by atoms with Gasteiger partial charge in [-0.05, 0) is 91.8 Å². The Labute approximate surface area is 184 Å². The molecule has 1 atom stereocenters. The number of hydrogen-bond acceptors (Lipinski definition) is 0. The van der Waals surface area contributed by atoms with Gasteiger partial charge in [0.2, 0.25) is 0 Å². The average molecular weight is 786 g/mol. The smallest absolute Gasteiger partial charge is 0.0747 e. The zero-order chi connectivity index (χ0) is 15.2. The molecule has 1 unspecified atom stereocenters. The highest BCUT2D eigenvalue weighted by molar-refractivity contribution is 9.16. The van der Waals surface area contributed by atoms with Crippen molar-refractivity contribution < 1.29 is 0 Å². The van der Waals surface area contributed by atoms with E-state index >= 15 is 0 Å². The van der Waals surface area contributed by atoms with Crippen molar-refractivity contribution >= 4 is 127 Å².